The first-order valence-corrected chi connectivity index (χ1v) is 9.54. The number of hydrogen-bond donors (Lipinski definition) is 3. The van der Waals surface area contributed by atoms with Gasteiger partial charge in [-0.15, -0.1) is 0 Å². The fraction of sp³-hybridized carbons (Fsp3) is 0.421. The largest absolute Gasteiger partial charge is 0.360 e. The Labute approximate surface area is 162 Å². The lowest BCUT2D eigenvalue weighted by Gasteiger charge is -2.35. The van der Waals surface area contributed by atoms with Crippen LogP contribution in [0.1, 0.15) is 12.8 Å². The summed E-state index contributed by atoms with van der Waals surface area (Å²) < 4.78 is 15.1. The molecule has 0 radical (unpaired) electrons. The molecule has 4 heterocycles. The van der Waals surface area contributed by atoms with Crippen LogP contribution in [-0.4, -0.2) is 59.4 Å². The Morgan fingerprint density at radius 3 is 2.71 bits per heavy atom. The van der Waals surface area contributed by atoms with Gasteiger partial charge < -0.3 is 20.4 Å². The molecule has 5 rings (SSSR count). The van der Waals surface area contributed by atoms with Crippen LogP contribution in [0, 0.1) is 5.82 Å². The summed E-state index contributed by atoms with van der Waals surface area (Å²) in [5, 5.41) is 14.5. The van der Waals surface area contributed by atoms with Gasteiger partial charge in [0.05, 0.1) is 11.7 Å². The molecular weight excluding hydrogens is 359 g/mol. The molecule has 3 aromatic rings. The summed E-state index contributed by atoms with van der Waals surface area (Å²) in [7, 11) is 3.59. The number of nitrogens with zero attached hydrogens (tertiary/aromatic N) is 5. The van der Waals surface area contributed by atoms with Crippen molar-refractivity contribution in [3.05, 3.63) is 30.2 Å². The summed E-state index contributed by atoms with van der Waals surface area (Å²) >= 11 is 0. The third-order valence-corrected chi connectivity index (χ3v) is 5.56. The van der Waals surface area contributed by atoms with Crippen molar-refractivity contribution < 1.29 is 4.39 Å². The fourth-order valence-corrected chi connectivity index (χ4v) is 4.18. The average molecular weight is 382 g/mol. The van der Waals surface area contributed by atoms with E-state index in [2.05, 4.69) is 35.7 Å². The highest BCUT2D eigenvalue weighted by molar-refractivity contribution is 5.82. The van der Waals surface area contributed by atoms with Gasteiger partial charge in [-0.2, -0.15) is 19.5 Å². The number of fused-ring (bicyclic) bond motifs is 3. The van der Waals surface area contributed by atoms with Crippen LogP contribution in [0.15, 0.2) is 24.4 Å². The van der Waals surface area contributed by atoms with Crippen molar-refractivity contribution in [2.75, 3.05) is 42.3 Å². The SMILES string of the molecule is CN(C)c1nc(N2C3CCC2CNC3)nc(Nc2ccc3[nH]ncc3c2)c1F. The van der Waals surface area contributed by atoms with Crippen LogP contribution in [-0.2, 0) is 0 Å². The van der Waals surface area contributed by atoms with Crippen molar-refractivity contribution in [3.8, 4) is 0 Å². The van der Waals surface area contributed by atoms with Crippen molar-refractivity contribution in [3.63, 3.8) is 0 Å². The van der Waals surface area contributed by atoms with Gasteiger partial charge >= 0.3 is 0 Å². The van der Waals surface area contributed by atoms with E-state index < -0.39 is 5.82 Å². The molecular formula is C19H23FN8. The summed E-state index contributed by atoms with van der Waals surface area (Å²) in [6.45, 7) is 1.82. The molecule has 3 N–H and O–H groups in total. The van der Waals surface area contributed by atoms with E-state index in [9.17, 15) is 0 Å². The Morgan fingerprint density at radius 1 is 1.18 bits per heavy atom. The maximum absolute atomic E-state index is 15.1. The molecule has 0 amide bonds. The van der Waals surface area contributed by atoms with Crippen LogP contribution in [0.4, 0.5) is 27.7 Å². The van der Waals surface area contributed by atoms with E-state index in [1.54, 1.807) is 25.2 Å². The predicted molar refractivity (Wildman–Crippen MR) is 108 cm³/mol. The predicted octanol–water partition coefficient (Wildman–Crippen LogP) is 2.24. The number of aromatic nitrogens is 4. The van der Waals surface area contributed by atoms with Crippen molar-refractivity contribution in [1.82, 2.24) is 25.5 Å². The first-order valence-electron chi connectivity index (χ1n) is 9.54. The van der Waals surface area contributed by atoms with Crippen molar-refractivity contribution >= 4 is 34.2 Å². The van der Waals surface area contributed by atoms with Gasteiger partial charge in [0.25, 0.3) is 0 Å². The normalized spacial score (nSPS) is 21.3. The van der Waals surface area contributed by atoms with Gasteiger partial charge in [-0.25, -0.2) is 0 Å². The smallest absolute Gasteiger partial charge is 0.230 e. The van der Waals surface area contributed by atoms with Crippen LogP contribution in [0.2, 0.25) is 0 Å². The molecule has 2 saturated heterocycles. The molecule has 28 heavy (non-hydrogen) atoms. The Morgan fingerprint density at radius 2 is 1.96 bits per heavy atom. The second-order valence-corrected chi connectivity index (χ2v) is 7.65. The van der Waals surface area contributed by atoms with Crippen LogP contribution < -0.4 is 20.4 Å². The first kappa shape index (κ1) is 17.2. The summed E-state index contributed by atoms with van der Waals surface area (Å²) in [5.74, 6) is 0.610. The minimum absolute atomic E-state index is 0.189. The lowest BCUT2D eigenvalue weighted by molar-refractivity contribution is 0.476. The number of hydrogen-bond acceptors (Lipinski definition) is 7. The molecule has 2 aromatic heterocycles. The van der Waals surface area contributed by atoms with E-state index in [1.165, 1.54) is 0 Å². The molecule has 1 aromatic carbocycles. The summed E-state index contributed by atoms with van der Waals surface area (Å²) in [6.07, 6.45) is 3.96. The van der Waals surface area contributed by atoms with E-state index in [0.29, 0.717) is 18.0 Å². The summed E-state index contributed by atoms with van der Waals surface area (Å²) in [5.41, 5.74) is 1.69. The lowest BCUT2D eigenvalue weighted by Crippen LogP contribution is -2.52. The van der Waals surface area contributed by atoms with E-state index >= 15 is 4.39 Å². The lowest BCUT2D eigenvalue weighted by atomic mass is 10.2. The third-order valence-electron chi connectivity index (χ3n) is 5.56. The minimum atomic E-state index is -0.455. The number of piperazine rings is 1. The molecule has 8 nitrogen and oxygen atoms in total. The maximum Gasteiger partial charge on any atom is 0.230 e. The summed E-state index contributed by atoms with van der Waals surface area (Å²) in [4.78, 5) is 13.1. The molecule has 0 saturated carbocycles. The minimum Gasteiger partial charge on any atom is -0.360 e. The van der Waals surface area contributed by atoms with Gasteiger partial charge in [-0.1, -0.05) is 0 Å². The highest BCUT2D eigenvalue weighted by Crippen LogP contribution is 2.34. The zero-order valence-electron chi connectivity index (χ0n) is 15.9. The molecule has 146 valence electrons. The van der Waals surface area contributed by atoms with Crippen LogP contribution in [0.3, 0.4) is 0 Å². The molecule has 2 aliphatic heterocycles. The number of anilines is 4. The standard InChI is InChI=1S/C19H23FN8/c1-27(2)18-16(20)17(23-12-3-6-15-11(7-12)8-22-26-15)24-19(25-18)28-13-4-5-14(28)10-21-9-13/h3,6-8,13-14,21H,4-5,9-10H2,1-2H3,(H,22,26)(H,23,24,25). The first-order chi connectivity index (χ1) is 13.6. The van der Waals surface area contributed by atoms with E-state index in [-0.39, 0.29) is 11.6 Å². The number of benzene rings is 1. The Bertz CT molecular complexity index is 1000. The third kappa shape index (κ3) is 2.82. The van der Waals surface area contributed by atoms with Crippen molar-refractivity contribution in [2.45, 2.75) is 24.9 Å². The average Bonchev–Trinajstić information content (AvgIpc) is 3.24. The fourth-order valence-electron chi connectivity index (χ4n) is 4.18. The van der Waals surface area contributed by atoms with Gasteiger partial charge in [-0.3, -0.25) is 5.10 Å². The second-order valence-electron chi connectivity index (χ2n) is 7.65. The number of nitrogens with one attached hydrogen (secondary N) is 3. The maximum atomic E-state index is 15.1. The van der Waals surface area contributed by atoms with Crippen LogP contribution >= 0.6 is 0 Å². The van der Waals surface area contributed by atoms with Crippen molar-refractivity contribution in [1.29, 1.82) is 0 Å². The molecule has 2 bridgehead atoms. The van der Waals surface area contributed by atoms with E-state index in [0.717, 1.165) is 42.5 Å². The van der Waals surface area contributed by atoms with Gasteiger partial charge in [0.15, 0.2) is 11.6 Å². The molecule has 0 spiro atoms. The number of aromatic amines is 1. The quantitative estimate of drug-likeness (QED) is 0.638. The highest BCUT2D eigenvalue weighted by atomic mass is 19.1. The molecule has 9 heteroatoms. The number of halogens is 1. The zero-order chi connectivity index (χ0) is 19.3. The zero-order valence-corrected chi connectivity index (χ0v) is 15.9. The van der Waals surface area contributed by atoms with Gasteiger partial charge in [0.1, 0.15) is 0 Å². The number of H-pyrrole nitrogens is 1. The Balaban J connectivity index is 1.55. The van der Waals surface area contributed by atoms with E-state index in [4.69, 9.17) is 0 Å². The van der Waals surface area contributed by atoms with E-state index in [1.807, 2.05) is 18.2 Å². The van der Waals surface area contributed by atoms with Gasteiger partial charge in [0.2, 0.25) is 11.8 Å². The molecule has 2 aliphatic rings. The Hall–Kier alpha value is -2.94. The molecule has 0 aliphatic carbocycles. The topological polar surface area (TPSA) is 85.0 Å². The molecule has 2 fully saturated rings. The van der Waals surface area contributed by atoms with Crippen LogP contribution in [0.5, 0.6) is 0 Å². The van der Waals surface area contributed by atoms with Gasteiger partial charge in [-0.05, 0) is 31.0 Å². The molecule has 2 atom stereocenters. The van der Waals surface area contributed by atoms with Crippen LogP contribution in [0.25, 0.3) is 10.9 Å². The highest BCUT2D eigenvalue weighted by Gasteiger charge is 2.38. The monoisotopic (exact) mass is 382 g/mol. The van der Waals surface area contributed by atoms with Crippen molar-refractivity contribution in [2.24, 2.45) is 0 Å². The summed E-state index contributed by atoms with van der Waals surface area (Å²) in [6, 6.07) is 6.42. The molecule has 2 unspecified atom stereocenters. The second kappa shape index (κ2) is 6.59. The number of rotatable bonds is 4. The van der Waals surface area contributed by atoms with Gasteiger partial charge in [0, 0.05) is 50.3 Å². The Kier molecular flexibility index (Phi) is 4.04.